The van der Waals surface area contributed by atoms with E-state index in [-0.39, 0.29) is 42.5 Å². The Bertz CT molecular complexity index is 606. The van der Waals surface area contributed by atoms with Gasteiger partial charge in [-0.1, -0.05) is 12.8 Å². The first kappa shape index (κ1) is 25.7. The topological polar surface area (TPSA) is 87.5 Å². The Kier molecular flexibility index (Phi) is 10.9. The summed E-state index contributed by atoms with van der Waals surface area (Å²) in [4.78, 5) is 26.3. The zero-order valence-electron chi connectivity index (χ0n) is 16.3. The third kappa shape index (κ3) is 8.05. The van der Waals surface area contributed by atoms with Crippen LogP contribution in [0.5, 0.6) is 0 Å². The highest BCUT2D eigenvalue weighted by molar-refractivity contribution is 5.94. The van der Waals surface area contributed by atoms with Crippen molar-refractivity contribution in [1.82, 2.24) is 4.90 Å². The average Bonchev–Trinajstić information content (AvgIpc) is 2.54. The van der Waals surface area contributed by atoms with Crippen LogP contribution in [0.2, 0.25) is 0 Å². The van der Waals surface area contributed by atoms with Crippen LogP contribution < -0.4 is 16.4 Å². The molecule has 0 spiro atoms. The van der Waals surface area contributed by atoms with E-state index in [0.717, 1.165) is 37.1 Å². The maximum Gasteiger partial charge on any atom is 0.229 e. The van der Waals surface area contributed by atoms with Gasteiger partial charge in [-0.3, -0.25) is 9.59 Å². The molecule has 1 fully saturated rings. The van der Waals surface area contributed by atoms with Crippen LogP contribution in [-0.4, -0.2) is 42.9 Å². The Morgan fingerprint density at radius 1 is 1.11 bits per heavy atom. The first-order valence-electron chi connectivity index (χ1n) is 8.92. The summed E-state index contributed by atoms with van der Waals surface area (Å²) >= 11 is 0. The smallest absolute Gasteiger partial charge is 0.229 e. The molecule has 0 saturated heterocycles. The van der Waals surface area contributed by atoms with Crippen molar-refractivity contribution < 1.29 is 9.59 Å². The molecule has 154 valence electrons. The third-order valence-corrected chi connectivity index (χ3v) is 4.79. The molecule has 27 heavy (non-hydrogen) atoms. The molecule has 1 aromatic carbocycles. The lowest BCUT2D eigenvalue weighted by Crippen LogP contribution is -2.51. The Morgan fingerprint density at radius 2 is 1.67 bits per heavy atom. The van der Waals surface area contributed by atoms with Crippen LogP contribution in [0.4, 0.5) is 11.4 Å². The minimum absolute atomic E-state index is 0. The molecule has 0 bridgehead atoms. The van der Waals surface area contributed by atoms with E-state index in [0.29, 0.717) is 13.0 Å². The molecule has 1 aromatic rings. The van der Waals surface area contributed by atoms with E-state index >= 15 is 0 Å². The fraction of sp³-hybridized carbons (Fsp3) is 0.579. The summed E-state index contributed by atoms with van der Waals surface area (Å²) in [6, 6.07) is 7.20. The molecule has 8 heteroatoms. The first-order valence-corrected chi connectivity index (χ1v) is 8.92. The second kappa shape index (κ2) is 11.5. The van der Waals surface area contributed by atoms with Gasteiger partial charge in [0, 0.05) is 29.9 Å². The van der Waals surface area contributed by atoms with Crippen molar-refractivity contribution in [3.63, 3.8) is 0 Å². The van der Waals surface area contributed by atoms with Crippen molar-refractivity contribution in [2.45, 2.75) is 44.6 Å². The first-order chi connectivity index (χ1) is 11.8. The number of halogens is 2. The van der Waals surface area contributed by atoms with Gasteiger partial charge < -0.3 is 21.3 Å². The molecule has 0 aromatic heterocycles. The molecule has 2 amide bonds. The summed E-state index contributed by atoms with van der Waals surface area (Å²) < 4.78 is 0. The van der Waals surface area contributed by atoms with Gasteiger partial charge in [-0.15, -0.1) is 24.8 Å². The maximum atomic E-state index is 12.5. The van der Waals surface area contributed by atoms with Crippen molar-refractivity contribution in [1.29, 1.82) is 0 Å². The number of nitrogens with zero attached hydrogens (tertiary/aromatic N) is 1. The number of hydrogen-bond donors (Lipinski definition) is 3. The standard InChI is InChI=1S/C19H30N4O2.2ClH/c1-19(20)12-5-4-6-16(19)18(25)22-15-9-7-14(8-10-15)21-17(24)11-13-23(2)3;;/h7-10,16H,4-6,11-13,20H2,1-3H3,(H,21,24)(H,22,25);2*1H. The Hall–Kier alpha value is -1.34. The zero-order chi connectivity index (χ0) is 18.4. The minimum atomic E-state index is -0.442. The van der Waals surface area contributed by atoms with Gasteiger partial charge >= 0.3 is 0 Å². The Morgan fingerprint density at radius 3 is 2.19 bits per heavy atom. The molecule has 1 aliphatic rings. The van der Waals surface area contributed by atoms with E-state index < -0.39 is 5.54 Å². The van der Waals surface area contributed by atoms with Gasteiger partial charge in [0.2, 0.25) is 11.8 Å². The molecule has 2 atom stereocenters. The summed E-state index contributed by atoms with van der Waals surface area (Å²) in [5, 5.41) is 5.81. The number of nitrogens with one attached hydrogen (secondary N) is 2. The zero-order valence-corrected chi connectivity index (χ0v) is 17.9. The van der Waals surface area contributed by atoms with Crippen molar-refractivity contribution in [2.24, 2.45) is 11.7 Å². The molecule has 1 aliphatic carbocycles. The summed E-state index contributed by atoms with van der Waals surface area (Å²) in [7, 11) is 3.87. The van der Waals surface area contributed by atoms with E-state index in [4.69, 9.17) is 5.73 Å². The van der Waals surface area contributed by atoms with Crippen LogP contribution in [0.3, 0.4) is 0 Å². The van der Waals surface area contributed by atoms with Crippen LogP contribution in [0.1, 0.15) is 39.0 Å². The molecule has 0 aliphatic heterocycles. The average molecular weight is 419 g/mol. The number of carbonyl (C=O) groups excluding carboxylic acids is 2. The molecule has 2 unspecified atom stereocenters. The Balaban J connectivity index is 0.00000338. The fourth-order valence-electron chi connectivity index (χ4n) is 3.20. The quantitative estimate of drug-likeness (QED) is 0.661. The highest BCUT2D eigenvalue weighted by atomic mass is 35.5. The number of anilines is 2. The van der Waals surface area contributed by atoms with Gasteiger partial charge in [-0.2, -0.15) is 0 Å². The van der Waals surface area contributed by atoms with E-state index in [1.807, 2.05) is 25.9 Å². The van der Waals surface area contributed by atoms with Gasteiger partial charge in [-0.05, 0) is 58.1 Å². The SMILES string of the molecule is CN(C)CCC(=O)Nc1ccc(NC(=O)C2CCCCC2(C)N)cc1.Cl.Cl. The largest absolute Gasteiger partial charge is 0.326 e. The molecular weight excluding hydrogens is 387 g/mol. The van der Waals surface area contributed by atoms with Gasteiger partial charge in [-0.25, -0.2) is 0 Å². The lowest BCUT2D eigenvalue weighted by Gasteiger charge is -2.37. The van der Waals surface area contributed by atoms with E-state index in [1.54, 1.807) is 24.3 Å². The number of benzene rings is 1. The van der Waals surface area contributed by atoms with Gasteiger partial charge in [0.1, 0.15) is 0 Å². The van der Waals surface area contributed by atoms with Crippen molar-refractivity contribution >= 4 is 48.0 Å². The fourth-order valence-corrected chi connectivity index (χ4v) is 3.20. The normalized spacial score (nSPS) is 21.6. The predicted octanol–water partition coefficient (Wildman–Crippen LogP) is 3.27. The number of amides is 2. The summed E-state index contributed by atoms with van der Waals surface area (Å²) in [5.74, 6) is -0.203. The van der Waals surface area contributed by atoms with Gasteiger partial charge in [0.15, 0.2) is 0 Å². The summed E-state index contributed by atoms with van der Waals surface area (Å²) in [6.07, 6.45) is 4.28. The number of rotatable bonds is 6. The van der Waals surface area contributed by atoms with Crippen LogP contribution >= 0.6 is 24.8 Å². The van der Waals surface area contributed by atoms with Crippen LogP contribution in [0, 0.1) is 5.92 Å². The van der Waals surface area contributed by atoms with Gasteiger partial charge in [0.25, 0.3) is 0 Å². The van der Waals surface area contributed by atoms with Crippen molar-refractivity contribution in [3.05, 3.63) is 24.3 Å². The third-order valence-electron chi connectivity index (χ3n) is 4.79. The van der Waals surface area contributed by atoms with Crippen molar-refractivity contribution in [2.75, 3.05) is 31.3 Å². The van der Waals surface area contributed by atoms with Crippen LogP contribution in [0.15, 0.2) is 24.3 Å². The number of nitrogens with two attached hydrogens (primary N) is 1. The van der Waals surface area contributed by atoms with Crippen LogP contribution in [0.25, 0.3) is 0 Å². The van der Waals surface area contributed by atoms with Crippen LogP contribution in [-0.2, 0) is 9.59 Å². The van der Waals surface area contributed by atoms with E-state index in [2.05, 4.69) is 10.6 Å². The highest BCUT2D eigenvalue weighted by Crippen LogP contribution is 2.32. The monoisotopic (exact) mass is 418 g/mol. The maximum absolute atomic E-state index is 12.5. The predicted molar refractivity (Wildman–Crippen MR) is 116 cm³/mol. The molecule has 6 nitrogen and oxygen atoms in total. The molecule has 0 radical (unpaired) electrons. The van der Waals surface area contributed by atoms with E-state index in [1.165, 1.54) is 0 Å². The summed E-state index contributed by atoms with van der Waals surface area (Å²) in [6.45, 7) is 2.67. The minimum Gasteiger partial charge on any atom is -0.326 e. The highest BCUT2D eigenvalue weighted by Gasteiger charge is 2.37. The molecule has 4 N–H and O–H groups in total. The second-order valence-corrected chi connectivity index (χ2v) is 7.47. The lowest BCUT2D eigenvalue weighted by atomic mass is 9.74. The molecular formula is C19H32Cl2N4O2. The molecule has 1 saturated carbocycles. The second-order valence-electron chi connectivity index (χ2n) is 7.47. The Labute approximate surface area is 174 Å². The number of hydrogen-bond acceptors (Lipinski definition) is 4. The molecule has 2 rings (SSSR count). The summed E-state index contributed by atoms with van der Waals surface area (Å²) in [5.41, 5.74) is 7.30. The lowest BCUT2D eigenvalue weighted by molar-refractivity contribution is -0.122. The molecule has 0 heterocycles. The van der Waals surface area contributed by atoms with Gasteiger partial charge in [0.05, 0.1) is 5.92 Å². The van der Waals surface area contributed by atoms with Crippen molar-refractivity contribution in [3.8, 4) is 0 Å². The van der Waals surface area contributed by atoms with E-state index in [9.17, 15) is 9.59 Å². The number of carbonyl (C=O) groups is 2.